The van der Waals surface area contributed by atoms with E-state index in [0.717, 1.165) is 0 Å². The Hall–Kier alpha value is -0.113. The highest BCUT2D eigenvalue weighted by Crippen LogP contribution is 1.70. The van der Waals surface area contributed by atoms with Crippen LogP contribution >= 0.6 is 0 Å². The molecular weight excluding hydrogens is 102 g/mol. The van der Waals surface area contributed by atoms with Gasteiger partial charge in [-0.1, -0.05) is 5.67 Å². The maximum atomic E-state index is 2.27. The highest BCUT2D eigenvalue weighted by atomic mass is 28.2. The van der Waals surface area contributed by atoms with E-state index < -0.39 is 0 Å². The van der Waals surface area contributed by atoms with Crippen molar-refractivity contribution in [2.45, 2.75) is 13.5 Å². The van der Waals surface area contributed by atoms with Crippen molar-refractivity contribution in [2.75, 3.05) is 14.1 Å². The molecule has 0 unspecified atom stereocenters. The summed E-state index contributed by atoms with van der Waals surface area (Å²) < 4.78 is 2.27. The van der Waals surface area contributed by atoms with E-state index in [1.165, 1.54) is 0 Å². The van der Waals surface area contributed by atoms with E-state index in [1.807, 2.05) is 0 Å². The fourth-order valence-electron chi connectivity index (χ4n) is 0.258. The van der Waals surface area contributed by atoms with E-state index in [2.05, 4.69) is 37.8 Å². The third-order valence-electron chi connectivity index (χ3n) is 1.12. The van der Waals surface area contributed by atoms with E-state index in [9.17, 15) is 0 Å². The van der Waals surface area contributed by atoms with Gasteiger partial charge in [0.1, 0.15) is 8.57 Å². The lowest BCUT2D eigenvalue weighted by Gasteiger charge is -2.09. The Balaban J connectivity index is 3.56. The minimum absolute atomic E-state index is 0.238. The van der Waals surface area contributed by atoms with E-state index in [-0.39, 0.29) is 8.57 Å². The molecule has 0 rings (SSSR count). The molecule has 0 atom stereocenters. The SMILES string of the molecule is CC=[Si](C)N(C)C. The molecule has 0 saturated carbocycles. The van der Waals surface area contributed by atoms with Gasteiger partial charge in [0, 0.05) is 0 Å². The van der Waals surface area contributed by atoms with Crippen LogP contribution in [-0.4, -0.2) is 32.9 Å². The highest BCUT2D eigenvalue weighted by Gasteiger charge is 1.85. The summed E-state index contributed by atoms with van der Waals surface area (Å²) in [5.41, 5.74) is 2.27. The minimum Gasteiger partial charge on any atom is -0.413 e. The van der Waals surface area contributed by atoms with Crippen LogP contribution in [0.4, 0.5) is 0 Å². The molecule has 7 heavy (non-hydrogen) atoms. The number of rotatable bonds is 1. The molecule has 0 radical (unpaired) electrons. The maximum absolute atomic E-state index is 2.27. The van der Waals surface area contributed by atoms with Gasteiger partial charge < -0.3 is 4.57 Å². The van der Waals surface area contributed by atoms with Crippen molar-refractivity contribution in [2.24, 2.45) is 0 Å². The summed E-state index contributed by atoms with van der Waals surface area (Å²) in [6.45, 7) is 4.39. The molecule has 0 heterocycles. The van der Waals surface area contributed by atoms with Gasteiger partial charge >= 0.3 is 0 Å². The third-order valence-corrected chi connectivity index (χ3v) is 3.37. The average Bonchev–Trinajstić information content (AvgIpc) is 1.65. The van der Waals surface area contributed by atoms with Crippen LogP contribution in [-0.2, 0) is 0 Å². The molecule has 0 N–H and O–H groups in total. The van der Waals surface area contributed by atoms with Crippen molar-refractivity contribution < 1.29 is 0 Å². The Morgan fingerprint density at radius 2 is 1.86 bits per heavy atom. The Morgan fingerprint density at radius 1 is 1.43 bits per heavy atom. The fraction of sp³-hybridized carbons (Fsp3) is 0.800. The summed E-state index contributed by atoms with van der Waals surface area (Å²) in [5, 5.41) is 0. The zero-order valence-corrected chi connectivity index (χ0v) is 6.52. The van der Waals surface area contributed by atoms with E-state index in [0.29, 0.717) is 0 Å². The summed E-state index contributed by atoms with van der Waals surface area (Å²) in [7, 11) is 4.00. The Kier molecular flexibility index (Phi) is 2.92. The summed E-state index contributed by atoms with van der Waals surface area (Å²) >= 11 is 0. The van der Waals surface area contributed by atoms with Crippen LogP contribution in [0, 0.1) is 0 Å². The topological polar surface area (TPSA) is 3.24 Å². The highest BCUT2D eigenvalue weighted by molar-refractivity contribution is 6.61. The van der Waals surface area contributed by atoms with Gasteiger partial charge in [-0.15, -0.1) is 0 Å². The van der Waals surface area contributed by atoms with Crippen molar-refractivity contribution in [3.63, 3.8) is 0 Å². The van der Waals surface area contributed by atoms with Crippen molar-refractivity contribution in [3.05, 3.63) is 0 Å². The van der Waals surface area contributed by atoms with Crippen LogP contribution in [0.1, 0.15) is 6.92 Å². The minimum atomic E-state index is -0.238. The smallest absolute Gasteiger partial charge is 0.116 e. The van der Waals surface area contributed by atoms with Crippen LogP contribution in [0.5, 0.6) is 0 Å². The summed E-state index contributed by atoms with van der Waals surface area (Å²) in [5.74, 6) is 0. The first-order chi connectivity index (χ1) is 3.18. The zero-order valence-electron chi connectivity index (χ0n) is 5.52. The molecule has 0 aromatic heterocycles. The molecule has 42 valence electrons. The number of hydrogen-bond donors (Lipinski definition) is 0. The van der Waals surface area contributed by atoms with Gasteiger partial charge in [-0.25, -0.2) is 0 Å². The predicted octanol–water partition coefficient (Wildman–Crippen LogP) is 0.573. The lowest BCUT2D eigenvalue weighted by Crippen LogP contribution is -2.22. The molecule has 0 bridgehead atoms. The Bertz CT molecular complexity index is 76.1. The van der Waals surface area contributed by atoms with Crippen molar-refractivity contribution in [1.82, 2.24) is 4.57 Å². The Morgan fingerprint density at radius 3 is 1.86 bits per heavy atom. The second kappa shape index (κ2) is 2.96. The van der Waals surface area contributed by atoms with Crippen LogP contribution in [0.15, 0.2) is 0 Å². The van der Waals surface area contributed by atoms with Crippen LogP contribution in [0.25, 0.3) is 0 Å². The number of hydrogen-bond acceptors (Lipinski definition) is 1. The van der Waals surface area contributed by atoms with Gasteiger partial charge in [0.25, 0.3) is 0 Å². The van der Waals surface area contributed by atoms with E-state index in [1.54, 1.807) is 0 Å². The molecule has 0 spiro atoms. The number of nitrogens with zero attached hydrogens (tertiary/aromatic N) is 1. The lowest BCUT2D eigenvalue weighted by molar-refractivity contribution is 0.660. The molecule has 0 aliphatic rings. The molecule has 2 heteroatoms. The summed E-state index contributed by atoms with van der Waals surface area (Å²) in [4.78, 5) is 0. The lowest BCUT2D eigenvalue weighted by atomic mass is 11.0. The monoisotopic (exact) mass is 115 g/mol. The van der Waals surface area contributed by atoms with Gasteiger partial charge in [0.15, 0.2) is 0 Å². The molecule has 0 aromatic carbocycles. The molecular formula is C5H13NSi. The largest absolute Gasteiger partial charge is 0.413 e. The first-order valence-electron chi connectivity index (χ1n) is 2.48. The molecule has 0 aliphatic carbocycles. The van der Waals surface area contributed by atoms with Gasteiger partial charge in [-0.05, 0) is 27.6 Å². The quantitative estimate of drug-likeness (QED) is 0.452. The van der Waals surface area contributed by atoms with Crippen LogP contribution in [0.3, 0.4) is 0 Å². The van der Waals surface area contributed by atoms with Crippen molar-refractivity contribution in [1.29, 1.82) is 0 Å². The first-order valence-corrected chi connectivity index (χ1v) is 4.51. The molecule has 0 fully saturated rings. The second-order valence-corrected chi connectivity index (χ2v) is 4.58. The van der Waals surface area contributed by atoms with E-state index >= 15 is 0 Å². The van der Waals surface area contributed by atoms with Crippen molar-refractivity contribution in [3.8, 4) is 0 Å². The molecule has 0 aliphatic heterocycles. The van der Waals surface area contributed by atoms with Crippen molar-refractivity contribution >= 4 is 14.2 Å². The molecule has 0 aromatic rings. The standard InChI is InChI=1S/C5H13NSi/c1-5-7(4)6(2)3/h5H,1-4H3. The Labute approximate surface area is 47.3 Å². The normalized spacial score (nSPS) is 11.7. The summed E-state index contributed by atoms with van der Waals surface area (Å²) in [6, 6.07) is 0. The molecule has 1 nitrogen and oxygen atoms in total. The summed E-state index contributed by atoms with van der Waals surface area (Å²) in [6.07, 6.45) is 0. The van der Waals surface area contributed by atoms with Gasteiger partial charge in [0.2, 0.25) is 0 Å². The second-order valence-electron chi connectivity index (χ2n) is 1.82. The van der Waals surface area contributed by atoms with Crippen LogP contribution < -0.4 is 0 Å². The van der Waals surface area contributed by atoms with Gasteiger partial charge in [-0.3, -0.25) is 0 Å². The molecule has 0 amide bonds. The van der Waals surface area contributed by atoms with Crippen LogP contribution in [0.2, 0.25) is 6.55 Å². The predicted molar refractivity (Wildman–Crippen MR) is 37.0 cm³/mol. The fourth-order valence-corrected chi connectivity index (χ4v) is 0.775. The first kappa shape index (κ1) is 6.89. The zero-order chi connectivity index (χ0) is 5.86. The molecule has 0 saturated heterocycles. The maximum Gasteiger partial charge on any atom is 0.116 e. The van der Waals surface area contributed by atoms with E-state index in [4.69, 9.17) is 0 Å². The average molecular weight is 115 g/mol. The van der Waals surface area contributed by atoms with Gasteiger partial charge in [0.05, 0.1) is 0 Å². The van der Waals surface area contributed by atoms with Gasteiger partial charge in [-0.2, -0.15) is 0 Å². The third kappa shape index (κ3) is 2.57.